The predicted octanol–water partition coefficient (Wildman–Crippen LogP) is 3.01. The number of carboxylic acid groups (broad SMARTS) is 1. The fraction of sp³-hybridized carbons (Fsp3) is 0.294. The van der Waals surface area contributed by atoms with Gasteiger partial charge in [0.15, 0.2) is 5.16 Å². The Balaban J connectivity index is 1.97. The number of carboxylic acids is 1. The highest BCUT2D eigenvalue weighted by Crippen LogP contribution is 2.20. The molecule has 126 valence electrons. The highest BCUT2D eigenvalue weighted by molar-refractivity contribution is 7.99. The van der Waals surface area contributed by atoms with Crippen molar-refractivity contribution in [3.63, 3.8) is 0 Å². The lowest BCUT2D eigenvalue weighted by molar-refractivity contribution is -0.138. The first-order valence-electron chi connectivity index (χ1n) is 7.43. The van der Waals surface area contributed by atoms with Gasteiger partial charge in [0.1, 0.15) is 0 Å². The zero-order chi connectivity index (χ0) is 17.7. The number of hydrogen-bond donors (Lipinski definition) is 2. The molecule has 0 saturated heterocycles. The number of rotatable bonds is 6. The molecule has 0 aliphatic rings. The van der Waals surface area contributed by atoms with Crippen LogP contribution in [0.5, 0.6) is 0 Å². The number of carbonyl (C=O) groups is 2. The second-order valence-corrected chi connectivity index (χ2v) is 6.40. The van der Waals surface area contributed by atoms with E-state index in [1.165, 1.54) is 11.8 Å². The van der Waals surface area contributed by atoms with Crippen molar-refractivity contribution in [3.8, 4) is 0 Å². The van der Waals surface area contributed by atoms with Gasteiger partial charge in [-0.3, -0.25) is 9.59 Å². The van der Waals surface area contributed by atoms with Gasteiger partial charge in [0.2, 0.25) is 5.91 Å². The van der Waals surface area contributed by atoms with E-state index in [0.29, 0.717) is 16.4 Å². The van der Waals surface area contributed by atoms with E-state index in [9.17, 15) is 9.59 Å². The number of amides is 1. The second-order valence-electron chi connectivity index (χ2n) is 5.46. The van der Waals surface area contributed by atoms with E-state index in [2.05, 4.69) is 15.3 Å². The minimum atomic E-state index is -0.902. The minimum absolute atomic E-state index is 0.182. The Bertz CT molecular complexity index is 744. The lowest BCUT2D eigenvalue weighted by Crippen LogP contribution is -2.15. The van der Waals surface area contributed by atoms with Crippen LogP contribution >= 0.6 is 11.8 Å². The van der Waals surface area contributed by atoms with Crippen molar-refractivity contribution in [3.05, 3.63) is 47.3 Å². The van der Waals surface area contributed by atoms with Gasteiger partial charge < -0.3 is 10.4 Å². The molecule has 0 aliphatic heterocycles. The van der Waals surface area contributed by atoms with E-state index in [-0.39, 0.29) is 11.7 Å². The van der Waals surface area contributed by atoms with E-state index in [0.717, 1.165) is 11.4 Å². The molecular formula is C17H19N3O3S. The first-order chi connectivity index (χ1) is 11.3. The molecule has 1 heterocycles. The van der Waals surface area contributed by atoms with Crippen molar-refractivity contribution in [2.75, 3.05) is 11.1 Å². The molecule has 7 heteroatoms. The summed E-state index contributed by atoms with van der Waals surface area (Å²) in [4.78, 5) is 31.7. The molecule has 6 nitrogen and oxygen atoms in total. The summed E-state index contributed by atoms with van der Waals surface area (Å²) >= 11 is 1.26. The van der Waals surface area contributed by atoms with Crippen molar-refractivity contribution in [2.24, 2.45) is 0 Å². The summed E-state index contributed by atoms with van der Waals surface area (Å²) in [6, 6.07) is 8.74. The Hall–Kier alpha value is -2.41. The summed E-state index contributed by atoms with van der Waals surface area (Å²) in [5.41, 5.74) is 2.94. The van der Waals surface area contributed by atoms with Crippen molar-refractivity contribution in [1.82, 2.24) is 9.97 Å². The van der Waals surface area contributed by atoms with Crippen molar-refractivity contribution < 1.29 is 14.7 Å². The topological polar surface area (TPSA) is 92.2 Å². The van der Waals surface area contributed by atoms with Gasteiger partial charge in [-0.25, -0.2) is 9.97 Å². The monoisotopic (exact) mass is 345 g/mol. The quantitative estimate of drug-likeness (QED) is 0.617. The van der Waals surface area contributed by atoms with Gasteiger partial charge in [-0.1, -0.05) is 23.9 Å². The SMILES string of the molecule is Cc1cc(C)nc(SCC(=O)Nc2cccc(C(C)C(=O)O)c2)n1. The van der Waals surface area contributed by atoms with Crippen LogP contribution < -0.4 is 5.32 Å². The van der Waals surface area contributed by atoms with Crippen LogP contribution in [-0.2, 0) is 9.59 Å². The highest BCUT2D eigenvalue weighted by atomic mass is 32.2. The molecular weight excluding hydrogens is 326 g/mol. The highest BCUT2D eigenvalue weighted by Gasteiger charge is 2.14. The van der Waals surface area contributed by atoms with E-state index < -0.39 is 11.9 Å². The molecule has 1 unspecified atom stereocenters. The number of nitrogens with one attached hydrogen (secondary N) is 1. The standard InChI is InChI=1S/C17H19N3O3S/c1-10-7-11(2)19-17(18-10)24-9-15(21)20-14-6-4-5-13(8-14)12(3)16(22)23/h4-8,12H,9H2,1-3H3,(H,20,21)(H,22,23). The number of thioether (sulfide) groups is 1. The van der Waals surface area contributed by atoms with Crippen LogP contribution in [-0.4, -0.2) is 32.7 Å². The third-order valence-corrected chi connectivity index (χ3v) is 4.18. The zero-order valence-electron chi connectivity index (χ0n) is 13.7. The summed E-state index contributed by atoms with van der Waals surface area (Å²) in [6.45, 7) is 5.37. The summed E-state index contributed by atoms with van der Waals surface area (Å²) < 4.78 is 0. The summed E-state index contributed by atoms with van der Waals surface area (Å²) in [7, 11) is 0. The molecule has 0 spiro atoms. The summed E-state index contributed by atoms with van der Waals surface area (Å²) in [6.07, 6.45) is 0. The van der Waals surface area contributed by atoms with Crippen LogP contribution in [0.25, 0.3) is 0 Å². The molecule has 2 rings (SSSR count). The van der Waals surface area contributed by atoms with Gasteiger partial charge in [-0.2, -0.15) is 0 Å². The van der Waals surface area contributed by atoms with E-state index in [4.69, 9.17) is 5.11 Å². The number of nitrogens with zero attached hydrogens (tertiary/aromatic N) is 2. The maximum Gasteiger partial charge on any atom is 0.310 e. The first kappa shape index (κ1) is 17.9. The molecule has 1 atom stereocenters. The Labute approximate surface area is 144 Å². The van der Waals surface area contributed by atoms with Crippen molar-refractivity contribution >= 4 is 29.3 Å². The Morgan fingerprint density at radius 3 is 2.50 bits per heavy atom. The molecule has 0 bridgehead atoms. The molecule has 0 saturated carbocycles. The Kier molecular flexibility index (Phi) is 5.92. The lowest BCUT2D eigenvalue weighted by Gasteiger charge is -2.10. The smallest absolute Gasteiger partial charge is 0.310 e. The molecule has 0 radical (unpaired) electrons. The normalized spacial score (nSPS) is 11.8. The largest absolute Gasteiger partial charge is 0.481 e. The van der Waals surface area contributed by atoms with Crippen LogP contribution in [0.4, 0.5) is 5.69 Å². The predicted molar refractivity (Wildman–Crippen MR) is 93.4 cm³/mol. The summed E-state index contributed by atoms with van der Waals surface area (Å²) in [5, 5.41) is 12.4. The van der Waals surface area contributed by atoms with Gasteiger partial charge >= 0.3 is 5.97 Å². The third-order valence-electron chi connectivity index (χ3n) is 3.33. The average molecular weight is 345 g/mol. The molecule has 1 amide bonds. The van der Waals surface area contributed by atoms with Crippen molar-refractivity contribution in [2.45, 2.75) is 31.8 Å². The number of carbonyl (C=O) groups excluding carboxylic acids is 1. The molecule has 2 aromatic rings. The maximum absolute atomic E-state index is 12.1. The van der Waals surface area contributed by atoms with Gasteiger partial charge in [0, 0.05) is 17.1 Å². The number of aliphatic carboxylic acids is 1. The van der Waals surface area contributed by atoms with Gasteiger partial charge in [-0.05, 0) is 44.5 Å². The Morgan fingerprint density at radius 1 is 1.21 bits per heavy atom. The number of hydrogen-bond acceptors (Lipinski definition) is 5. The second kappa shape index (κ2) is 7.92. The van der Waals surface area contributed by atoms with E-state index >= 15 is 0 Å². The molecule has 0 fully saturated rings. The average Bonchev–Trinajstić information content (AvgIpc) is 2.51. The fourth-order valence-corrected chi connectivity index (χ4v) is 2.86. The van der Waals surface area contributed by atoms with Crippen LogP contribution in [0, 0.1) is 13.8 Å². The van der Waals surface area contributed by atoms with Crippen LogP contribution in [0.1, 0.15) is 29.8 Å². The fourth-order valence-electron chi connectivity index (χ4n) is 2.11. The molecule has 2 N–H and O–H groups in total. The van der Waals surface area contributed by atoms with Gasteiger partial charge in [0.25, 0.3) is 0 Å². The number of aryl methyl sites for hydroxylation is 2. The number of benzene rings is 1. The third kappa shape index (κ3) is 5.06. The number of anilines is 1. The molecule has 1 aromatic heterocycles. The van der Waals surface area contributed by atoms with Crippen molar-refractivity contribution in [1.29, 1.82) is 0 Å². The minimum Gasteiger partial charge on any atom is -0.481 e. The molecule has 0 aliphatic carbocycles. The van der Waals surface area contributed by atoms with Crippen LogP contribution in [0.15, 0.2) is 35.5 Å². The summed E-state index contributed by atoms with van der Waals surface area (Å²) in [5.74, 6) is -1.54. The van der Waals surface area contributed by atoms with Crippen LogP contribution in [0.2, 0.25) is 0 Å². The van der Waals surface area contributed by atoms with Crippen LogP contribution in [0.3, 0.4) is 0 Å². The Morgan fingerprint density at radius 2 is 1.88 bits per heavy atom. The number of aromatic nitrogens is 2. The molecule has 24 heavy (non-hydrogen) atoms. The maximum atomic E-state index is 12.1. The van der Waals surface area contributed by atoms with E-state index in [1.54, 1.807) is 31.2 Å². The zero-order valence-corrected chi connectivity index (χ0v) is 14.6. The van der Waals surface area contributed by atoms with E-state index in [1.807, 2.05) is 19.9 Å². The van der Waals surface area contributed by atoms with Gasteiger partial charge in [0.05, 0.1) is 11.7 Å². The van der Waals surface area contributed by atoms with Gasteiger partial charge in [-0.15, -0.1) is 0 Å². The lowest BCUT2D eigenvalue weighted by atomic mass is 10.0. The molecule has 1 aromatic carbocycles. The first-order valence-corrected chi connectivity index (χ1v) is 8.41.